The van der Waals surface area contributed by atoms with Crippen LogP contribution >= 0.6 is 0 Å². The third-order valence-corrected chi connectivity index (χ3v) is 7.13. The van der Waals surface area contributed by atoms with Gasteiger partial charge in [0.2, 0.25) is 0 Å². The molecule has 0 heterocycles. The second-order valence-corrected chi connectivity index (χ2v) is 11.6. The molecule has 0 atom stereocenters. The van der Waals surface area contributed by atoms with Crippen LogP contribution in [0.4, 0.5) is 0 Å². The van der Waals surface area contributed by atoms with E-state index in [1.165, 1.54) is 148 Å². The van der Waals surface area contributed by atoms with Gasteiger partial charge in [-0.3, -0.25) is 4.79 Å². The number of esters is 1. The summed E-state index contributed by atoms with van der Waals surface area (Å²) in [6.07, 6.45) is 34.4. The summed E-state index contributed by atoms with van der Waals surface area (Å²) in [6, 6.07) is 0. The highest BCUT2D eigenvalue weighted by Crippen LogP contribution is 2.14. The minimum Gasteiger partial charge on any atom is -0.466 e. The van der Waals surface area contributed by atoms with Crippen LogP contribution in [0.15, 0.2) is 0 Å². The molecule has 0 aromatic heterocycles. The summed E-state index contributed by atoms with van der Waals surface area (Å²) in [7, 11) is 0. The lowest BCUT2D eigenvalue weighted by Crippen LogP contribution is -2.05. The Morgan fingerprint density at radius 3 is 1.19 bits per heavy atom. The molecular formula is C34H70O2. The van der Waals surface area contributed by atoms with Crippen molar-refractivity contribution in [3.63, 3.8) is 0 Å². The van der Waals surface area contributed by atoms with E-state index in [-0.39, 0.29) is 5.97 Å². The van der Waals surface area contributed by atoms with Gasteiger partial charge in [-0.25, -0.2) is 0 Å². The molecular weight excluding hydrogens is 440 g/mol. The quantitative estimate of drug-likeness (QED) is 0.0811. The normalized spacial score (nSPS) is 10.9. The summed E-state index contributed by atoms with van der Waals surface area (Å²) < 4.78 is 5.22. The zero-order chi connectivity index (χ0) is 27.0. The van der Waals surface area contributed by atoms with Crippen molar-refractivity contribution in [1.82, 2.24) is 0 Å². The van der Waals surface area contributed by atoms with Crippen molar-refractivity contribution < 1.29 is 9.53 Å². The first-order chi connectivity index (χ1) is 17.6. The van der Waals surface area contributed by atoms with Gasteiger partial charge in [-0.05, 0) is 18.8 Å². The first-order valence-corrected chi connectivity index (χ1v) is 16.7. The van der Waals surface area contributed by atoms with E-state index in [0.717, 1.165) is 18.8 Å². The Morgan fingerprint density at radius 2 is 0.806 bits per heavy atom. The Labute approximate surface area is 229 Å². The molecule has 2 nitrogen and oxygen atoms in total. The predicted octanol–water partition coefficient (Wildman–Crippen LogP) is 12.4. The summed E-state index contributed by atoms with van der Waals surface area (Å²) >= 11 is 0. The van der Waals surface area contributed by atoms with Crippen molar-refractivity contribution in [3.8, 4) is 0 Å². The van der Waals surface area contributed by atoms with E-state index >= 15 is 0 Å². The van der Waals surface area contributed by atoms with Crippen LogP contribution in [-0.2, 0) is 9.53 Å². The number of hydrogen-bond donors (Lipinski definition) is 0. The van der Waals surface area contributed by atoms with Crippen LogP contribution in [-0.4, -0.2) is 12.6 Å². The van der Waals surface area contributed by atoms with Gasteiger partial charge in [-0.15, -0.1) is 0 Å². The van der Waals surface area contributed by atoms with Crippen LogP contribution in [0.5, 0.6) is 0 Å². The highest BCUT2D eigenvalue weighted by atomic mass is 16.5. The van der Waals surface area contributed by atoms with Gasteiger partial charge in [-0.1, -0.05) is 182 Å². The predicted molar refractivity (Wildman–Crippen MR) is 163 cm³/mol. The molecule has 0 unspecified atom stereocenters. The molecule has 0 radical (unpaired) electrons. The van der Waals surface area contributed by atoms with E-state index in [1.807, 2.05) is 0 Å². The molecule has 0 fully saturated rings. The monoisotopic (exact) mass is 511 g/mol. The SMILES string of the molecule is CCCCCCCCCCCC(=O)OCCCCCC.CCCCCCCCCCCCCC(C)C. The molecule has 0 aromatic rings. The van der Waals surface area contributed by atoms with Gasteiger partial charge in [0.15, 0.2) is 0 Å². The lowest BCUT2D eigenvalue weighted by atomic mass is 10.0. The van der Waals surface area contributed by atoms with Crippen molar-refractivity contribution >= 4 is 5.97 Å². The van der Waals surface area contributed by atoms with Crippen LogP contribution in [0.3, 0.4) is 0 Å². The Balaban J connectivity index is 0. The second-order valence-electron chi connectivity index (χ2n) is 11.6. The van der Waals surface area contributed by atoms with Gasteiger partial charge in [0, 0.05) is 6.42 Å². The van der Waals surface area contributed by atoms with Crippen molar-refractivity contribution in [3.05, 3.63) is 0 Å². The summed E-state index contributed by atoms with van der Waals surface area (Å²) in [6.45, 7) is 12.0. The molecule has 0 saturated heterocycles. The largest absolute Gasteiger partial charge is 0.466 e. The molecule has 0 amide bonds. The lowest BCUT2D eigenvalue weighted by Gasteiger charge is -2.05. The maximum atomic E-state index is 11.5. The van der Waals surface area contributed by atoms with E-state index in [2.05, 4.69) is 34.6 Å². The average molecular weight is 511 g/mol. The third-order valence-electron chi connectivity index (χ3n) is 7.13. The minimum absolute atomic E-state index is 0.00412. The lowest BCUT2D eigenvalue weighted by molar-refractivity contribution is -0.143. The van der Waals surface area contributed by atoms with Crippen LogP contribution < -0.4 is 0 Å². The molecule has 0 aromatic carbocycles. The fraction of sp³-hybridized carbons (Fsp3) is 0.971. The molecule has 0 rings (SSSR count). The topological polar surface area (TPSA) is 26.3 Å². The van der Waals surface area contributed by atoms with Gasteiger partial charge < -0.3 is 4.74 Å². The first kappa shape index (κ1) is 37.6. The molecule has 0 spiro atoms. The van der Waals surface area contributed by atoms with E-state index in [9.17, 15) is 4.79 Å². The van der Waals surface area contributed by atoms with Crippen molar-refractivity contribution in [2.24, 2.45) is 5.92 Å². The number of carbonyl (C=O) groups excluding carboxylic acids is 1. The molecule has 0 saturated carbocycles. The molecule has 0 bridgehead atoms. The maximum Gasteiger partial charge on any atom is 0.305 e. The summed E-state index contributed by atoms with van der Waals surface area (Å²) in [4.78, 5) is 11.5. The minimum atomic E-state index is 0.00412. The van der Waals surface area contributed by atoms with Crippen LogP contribution in [0.25, 0.3) is 0 Å². The zero-order valence-electron chi connectivity index (χ0n) is 26.0. The van der Waals surface area contributed by atoms with E-state index in [0.29, 0.717) is 13.0 Å². The first-order valence-electron chi connectivity index (χ1n) is 16.7. The Hall–Kier alpha value is -0.530. The Morgan fingerprint density at radius 1 is 0.472 bits per heavy atom. The number of unbranched alkanes of at least 4 members (excludes halogenated alkanes) is 21. The molecule has 0 N–H and O–H groups in total. The third kappa shape index (κ3) is 38.0. The van der Waals surface area contributed by atoms with Gasteiger partial charge in [0.25, 0.3) is 0 Å². The average Bonchev–Trinajstić information content (AvgIpc) is 2.86. The summed E-state index contributed by atoms with van der Waals surface area (Å²) in [5.41, 5.74) is 0. The van der Waals surface area contributed by atoms with Crippen molar-refractivity contribution in [1.29, 1.82) is 0 Å². The smallest absolute Gasteiger partial charge is 0.305 e. The maximum absolute atomic E-state index is 11.5. The van der Waals surface area contributed by atoms with Gasteiger partial charge in [0.1, 0.15) is 0 Å². The standard InChI is InChI=1S/C18H36O2.C16H34/c1-3-5-7-9-10-11-12-13-14-16-18(19)20-17-15-8-6-4-2;1-4-5-6-7-8-9-10-11-12-13-14-15-16(2)3/h3-17H2,1-2H3;16H,4-15H2,1-3H3. The Bertz CT molecular complexity index is 391. The molecule has 0 aliphatic carbocycles. The molecule has 218 valence electrons. The molecule has 2 heteroatoms. The van der Waals surface area contributed by atoms with Gasteiger partial charge in [-0.2, -0.15) is 0 Å². The molecule has 0 aliphatic rings. The van der Waals surface area contributed by atoms with E-state index < -0.39 is 0 Å². The van der Waals surface area contributed by atoms with Crippen molar-refractivity contribution in [2.45, 2.75) is 202 Å². The van der Waals surface area contributed by atoms with Crippen molar-refractivity contribution in [2.75, 3.05) is 6.61 Å². The van der Waals surface area contributed by atoms with Crippen LogP contribution in [0, 0.1) is 5.92 Å². The number of ether oxygens (including phenoxy) is 1. The molecule has 0 aliphatic heterocycles. The van der Waals surface area contributed by atoms with E-state index in [1.54, 1.807) is 0 Å². The molecule has 36 heavy (non-hydrogen) atoms. The zero-order valence-corrected chi connectivity index (χ0v) is 26.0. The van der Waals surface area contributed by atoms with E-state index in [4.69, 9.17) is 4.74 Å². The summed E-state index contributed by atoms with van der Waals surface area (Å²) in [5, 5.41) is 0. The van der Waals surface area contributed by atoms with Gasteiger partial charge >= 0.3 is 5.97 Å². The summed E-state index contributed by atoms with van der Waals surface area (Å²) in [5.74, 6) is 0.906. The fourth-order valence-corrected chi connectivity index (χ4v) is 4.58. The Kier molecular flexibility index (Phi) is 36.0. The van der Waals surface area contributed by atoms with Crippen LogP contribution in [0.1, 0.15) is 202 Å². The van der Waals surface area contributed by atoms with Crippen LogP contribution in [0.2, 0.25) is 0 Å². The second kappa shape index (κ2) is 34.5. The number of carbonyl (C=O) groups is 1. The highest BCUT2D eigenvalue weighted by molar-refractivity contribution is 5.69. The fourth-order valence-electron chi connectivity index (χ4n) is 4.58. The number of rotatable bonds is 27. The van der Waals surface area contributed by atoms with Gasteiger partial charge in [0.05, 0.1) is 6.61 Å². The highest BCUT2D eigenvalue weighted by Gasteiger charge is 2.02. The number of hydrogen-bond acceptors (Lipinski definition) is 2.